The molecule has 35 heavy (non-hydrogen) atoms. The summed E-state index contributed by atoms with van der Waals surface area (Å²) in [6, 6.07) is 11.6. The number of fused-ring (bicyclic) bond motifs is 6. The largest absolute Gasteiger partial charge is 0.508 e. The first-order valence-electron chi connectivity index (χ1n) is 11.5. The molecule has 3 aromatic carbocycles. The van der Waals surface area contributed by atoms with Gasteiger partial charge in [-0.15, -0.1) is 0 Å². The van der Waals surface area contributed by atoms with E-state index in [2.05, 4.69) is 0 Å². The predicted octanol–water partition coefficient (Wildman–Crippen LogP) is 4.94. The lowest BCUT2D eigenvalue weighted by atomic mass is 9.74. The number of carboxylic acids is 1. The van der Waals surface area contributed by atoms with Crippen LogP contribution in [-0.2, 0) is 10.3 Å². The Morgan fingerprint density at radius 3 is 2.57 bits per heavy atom. The average molecular weight is 475 g/mol. The van der Waals surface area contributed by atoms with Gasteiger partial charge in [-0.3, -0.25) is 0 Å². The van der Waals surface area contributed by atoms with Gasteiger partial charge in [0.2, 0.25) is 0 Å². The molecular weight excluding hydrogens is 450 g/mol. The van der Waals surface area contributed by atoms with Crippen LogP contribution in [0.15, 0.2) is 48.5 Å². The highest BCUT2D eigenvalue weighted by Gasteiger charge is 2.56. The highest BCUT2D eigenvalue weighted by molar-refractivity contribution is 6.00. The Bertz CT molecular complexity index is 1370. The SMILES string of the molecule is CCCCCC(N)c1c(O)cc2c(c1C(=O)O)C1(OC(=O)c3ccccc31)c1ccc(O)cc1O2. The number of carboxylic acid groups (broad SMARTS) is 1. The molecule has 0 aromatic heterocycles. The van der Waals surface area contributed by atoms with Gasteiger partial charge in [0.05, 0.1) is 16.7 Å². The van der Waals surface area contributed by atoms with E-state index in [1.165, 1.54) is 18.2 Å². The fourth-order valence-corrected chi connectivity index (χ4v) is 5.19. The second-order valence-corrected chi connectivity index (χ2v) is 8.86. The number of hydrogen-bond donors (Lipinski definition) is 4. The number of benzene rings is 3. The van der Waals surface area contributed by atoms with Gasteiger partial charge in [-0.05, 0) is 24.6 Å². The summed E-state index contributed by atoms with van der Waals surface area (Å²) in [5.74, 6) is -2.17. The molecule has 0 saturated carbocycles. The van der Waals surface area contributed by atoms with Crippen LogP contribution in [0.25, 0.3) is 0 Å². The molecule has 8 nitrogen and oxygen atoms in total. The zero-order valence-corrected chi connectivity index (χ0v) is 19.1. The first kappa shape index (κ1) is 22.7. The standard InChI is InChI=1S/C27H25NO7/c1-2-3-4-9-18(28)22-19(30)13-21-24(23(22)25(31)32)27(17-11-10-14(29)12-20(17)34-21)16-8-6-5-7-15(16)26(33)35-27/h5-8,10-13,18,29-30H,2-4,9,28H2,1H3,(H,31,32). The zero-order valence-electron chi connectivity index (χ0n) is 19.1. The lowest BCUT2D eigenvalue weighted by Gasteiger charge is -2.38. The molecule has 0 radical (unpaired) electrons. The van der Waals surface area contributed by atoms with Gasteiger partial charge >= 0.3 is 11.9 Å². The number of rotatable bonds is 6. The molecule has 2 atom stereocenters. The van der Waals surface area contributed by atoms with Crippen molar-refractivity contribution in [2.24, 2.45) is 5.73 Å². The monoisotopic (exact) mass is 475 g/mol. The van der Waals surface area contributed by atoms with Gasteiger partial charge in [0.15, 0.2) is 5.60 Å². The highest BCUT2D eigenvalue weighted by Crippen LogP contribution is 2.59. The molecule has 0 bridgehead atoms. The topological polar surface area (TPSA) is 139 Å². The number of hydrogen-bond acceptors (Lipinski definition) is 7. The zero-order chi connectivity index (χ0) is 24.9. The minimum absolute atomic E-state index is 0.00649. The van der Waals surface area contributed by atoms with E-state index in [1.807, 2.05) is 6.92 Å². The van der Waals surface area contributed by atoms with Crippen molar-refractivity contribution in [1.82, 2.24) is 0 Å². The summed E-state index contributed by atoms with van der Waals surface area (Å²) < 4.78 is 12.0. The third-order valence-corrected chi connectivity index (χ3v) is 6.70. The van der Waals surface area contributed by atoms with E-state index in [9.17, 15) is 24.9 Å². The maximum absolute atomic E-state index is 13.0. The van der Waals surface area contributed by atoms with E-state index in [0.717, 1.165) is 19.3 Å². The van der Waals surface area contributed by atoms with Crippen LogP contribution in [0, 0.1) is 0 Å². The minimum atomic E-state index is -1.66. The molecule has 0 saturated heterocycles. The first-order chi connectivity index (χ1) is 16.8. The smallest absolute Gasteiger partial charge is 0.340 e. The summed E-state index contributed by atoms with van der Waals surface area (Å²) in [6.45, 7) is 2.05. The molecule has 0 amide bonds. The van der Waals surface area contributed by atoms with Crippen molar-refractivity contribution in [3.8, 4) is 23.0 Å². The van der Waals surface area contributed by atoms with Crippen LogP contribution in [0.5, 0.6) is 23.0 Å². The summed E-state index contributed by atoms with van der Waals surface area (Å²) in [7, 11) is 0. The summed E-state index contributed by atoms with van der Waals surface area (Å²) in [6.07, 6.45) is 3.10. The van der Waals surface area contributed by atoms with Crippen molar-refractivity contribution < 1.29 is 34.4 Å². The molecule has 2 aliphatic rings. The fraction of sp³-hybridized carbons (Fsp3) is 0.259. The van der Waals surface area contributed by atoms with Crippen molar-refractivity contribution in [1.29, 1.82) is 0 Å². The predicted molar refractivity (Wildman–Crippen MR) is 126 cm³/mol. The van der Waals surface area contributed by atoms with Crippen molar-refractivity contribution in [2.75, 3.05) is 0 Å². The Balaban J connectivity index is 1.86. The summed E-state index contributed by atoms with van der Waals surface area (Å²) >= 11 is 0. The highest BCUT2D eigenvalue weighted by atomic mass is 16.6. The van der Waals surface area contributed by atoms with Gasteiger partial charge in [0.1, 0.15) is 23.0 Å². The quantitative estimate of drug-likeness (QED) is 0.290. The Kier molecular flexibility index (Phi) is 5.40. The Morgan fingerprint density at radius 2 is 1.83 bits per heavy atom. The second-order valence-electron chi connectivity index (χ2n) is 8.86. The van der Waals surface area contributed by atoms with Gasteiger partial charge in [-0.1, -0.05) is 44.4 Å². The lowest BCUT2D eigenvalue weighted by Crippen LogP contribution is -2.36. The summed E-state index contributed by atoms with van der Waals surface area (Å²) in [5.41, 5.74) is 5.75. The molecule has 3 aromatic rings. The van der Waals surface area contributed by atoms with Gasteiger partial charge in [-0.2, -0.15) is 0 Å². The van der Waals surface area contributed by atoms with Crippen LogP contribution in [0.2, 0.25) is 0 Å². The van der Waals surface area contributed by atoms with Crippen molar-refractivity contribution in [2.45, 2.75) is 44.2 Å². The maximum Gasteiger partial charge on any atom is 0.340 e. The van der Waals surface area contributed by atoms with E-state index < -0.39 is 23.6 Å². The molecule has 2 aliphatic heterocycles. The van der Waals surface area contributed by atoms with Gasteiger partial charge in [-0.25, -0.2) is 9.59 Å². The molecular formula is C27H25NO7. The van der Waals surface area contributed by atoms with Gasteiger partial charge in [0, 0.05) is 34.9 Å². The van der Waals surface area contributed by atoms with Gasteiger partial charge in [0.25, 0.3) is 0 Å². The van der Waals surface area contributed by atoms with Crippen LogP contribution in [0.4, 0.5) is 0 Å². The molecule has 2 unspecified atom stereocenters. The van der Waals surface area contributed by atoms with E-state index in [-0.39, 0.29) is 45.3 Å². The number of aromatic hydroxyl groups is 2. The molecule has 8 heteroatoms. The van der Waals surface area contributed by atoms with E-state index in [4.69, 9.17) is 15.2 Å². The van der Waals surface area contributed by atoms with Crippen LogP contribution in [-0.4, -0.2) is 27.3 Å². The third-order valence-electron chi connectivity index (χ3n) is 6.70. The molecule has 180 valence electrons. The van der Waals surface area contributed by atoms with Crippen molar-refractivity contribution in [3.05, 3.63) is 81.9 Å². The molecule has 0 aliphatic carbocycles. The van der Waals surface area contributed by atoms with Crippen LogP contribution in [0.1, 0.15) is 81.6 Å². The number of carbonyl (C=O) groups is 2. The van der Waals surface area contributed by atoms with E-state index in [0.29, 0.717) is 17.5 Å². The summed E-state index contributed by atoms with van der Waals surface area (Å²) in [5, 5.41) is 31.4. The van der Waals surface area contributed by atoms with E-state index in [1.54, 1.807) is 30.3 Å². The average Bonchev–Trinajstić information content (AvgIpc) is 3.11. The summed E-state index contributed by atoms with van der Waals surface area (Å²) in [4.78, 5) is 25.8. The Labute approximate surface area is 201 Å². The van der Waals surface area contributed by atoms with Crippen molar-refractivity contribution in [3.63, 3.8) is 0 Å². The van der Waals surface area contributed by atoms with Crippen molar-refractivity contribution >= 4 is 11.9 Å². The number of phenols is 2. The number of carbonyl (C=O) groups excluding carboxylic acids is 1. The number of phenolic OH excluding ortho intramolecular Hbond substituents is 2. The Morgan fingerprint density at radius 1 is 1.06 bits per heavy atom. The van der Waals surface area contributed by atoms with E-state index >= 15 is 0 Å². The normalized spacial score (nSPS) is 18.3. The first-order valence-corrected chi connectivity index (χ1v) is 11.5. The van der Waals surface area contributed by atoms with Crippen LogP contribution < -0.4 is 10.5 Å². The number of ether oxygens (including phenoxy) is 2. The fourth-order valence-electron chi connectivity index (χ4n) is 5.19. The van der Waals surface area contributed by atoms with Gasteiger partial charge < -0.3 is 30.5 Å². The third kappa shape index (κ3) is 3.32. The van der Waals surface area contributed by atoms with Crippen LogP contribution in [0.3, 0.4) is 0 Å². The molecule has 2 heterocycles. The molecule has 5 N–H and O–H groups in total. The Hall–Kier alpha value is -4.04. The molecule has 0 fully saturated rings. The van der Waals surface area contributed by atoms with Crippen LogP contribution >= 0.6 is 0 Å². The second kappa shape index (κ2) is 8.32. The molecule has 1 spiro atoms. The minimum Gasteiger partial charge on any atom is -0.508 e. The number of unbranched alkanes of at least 4 members (excludes halogenated alkanes) is 2. The maximum atomic E-state index is 13.0. The lowest BCUT2D eigenvalue weighted by molar-refractivity contribution is 0.0214. The molecule has 5 rings (SSSR count). The number of nitrogens with two attached hydrogens (primary N) is 1. The number of aromatic carboxylic acids is 1. The number of esters is 1.